The molecule has 0 bridgehead atoms. The van der Waals surface area contributed by atoms with Crippen molar-refractivity contribution in [2.24, 2.45) is 5.92 Å². The smallest absolute Gasteiger partial charge is 0.321 e. The van der Waals surface area contributed by atoms with Crippen molar-refractivity contribution in [3.63, 3.8) is 0 Å². The molecule has 0 radical (unpaired) electrons. The van der Waals surface area contributed by atoms with E-state index in [2.05, 4.69) is 17.6 Å². The fourth-order valence-electron chi connectivity index (χ4n) is 2.21. The van der Waals surface area contributed by atoms with E-state index in [0.29, 0.717) is 0 Å². The summed E-state index contributed by atoms with van der Waals surface area (Å²) in [4.78, 5) is 22.6. The van der Waals surface area contributed by atoms with Gasteiger partial charge in [0, 0.05) is 18.3 Å². The zero-order chi connectivity index (χ0) is 12.7. The SMILES string of the molecule is CCC1CCC(NC(=O)NC(=O)CCCl)CC1. The molecule has 2 N–H and O–H groups in total. The molecule has 0 aromatic heterocycles. The lowest BCUT2D eigenvalue weighted by Crippen LogP contribution is -2.45. The van der Waals surface area contributed by atoms with Crippen molar-refractivity contribution >= 4 is 23.5 Å². The number of hydrogen-bond acceptors (Lipinski definition) is 2. The topological polar surface area (TPSA) is 58.2 Å². The summed E-state index contributed by atoms with van der Waals surface area (Å²) in [6.45, 7) is 2.20. The molecule has 5 heteroatoms. The van der Waals surface area contributed by atoms with Gasteiger partial charge in [-0.25, -0.2) is 4.79 Å². The van der Waals surface area contributed by atoms with Crippen LogP contribution in [-0.4, -0.2) is 23.9 Å². The quantitative estimate of drug-likeness (QED) is 0.763. The van der Waals surface area contributed by atoms with Crippen LogP contribution in [0.2, 0.25) is 0 Å². The standard InChI is InChI=1S/C12H21ClN2O2/c1-2-9-3-5-10(6-4-9)14-12(17)15-11(16)7-8-13/h9-10H,2-8H2,1H3,(H2,14,15,16,17). The number of nitrogens with one attached hydrogen (secondary N) is 2. The number of alkyl halides is 1. The van der Waals surface area contributed by atoms with Gasteiger partial charge < -0.3 is 5.32 Å². The van der Waals surface area contributed by atoms with E-state index in [1.165, 1.54) is 6.42 Å². The van der Waals surface area contributed by atoms with Crippen LogP contribution < -0.4 is 10.6 Å². The maximum Gasteiger partial charge on any atom is 0.321 e. The number of amides is 3. The first kappa shape index (κ1) is 14.3. The first-order valence-electron chi connectivity index (χ1n) is 6.32. The Hall–Kier alpha value is -0.770. The molecule has 0 aromatic carbocycles. The molecule has 0 aliphatic heterocycles. The Morgan fingerprint density at radius 3 is 2.41 bits per heavy atom. The van der Waals surface area contributed by atoms with Crippen LogP contribution in [0.15, 0.2) is 0 Å². The van der Waals surface area contributed by atoms with Gasteiger partial charge in [-0.2, -0.15) is 0 Å². The molecule has 0 spiro atoms. The number of rotatable bonds is 4. The average molecular weight is 261 g/mol. The van der Waals surface area contributed by atoms with Gasteiger partial charge in [-0.15, -0.1) is 11.6 Å². The number of carbonyl (C=O) groups excluding carboxylic acids is 2. The van der Waals surface area contributed by atoms with Gasteiger partial charge >= 0.3 is 6.03 Å². The second-order valence-corrected chi connectivity index (χ2v) is 4.96. The zero-order valence-electron chi connectivity index (χ0n) is 10.3. The van der Waals surface area contributed by atoms with E-state index >= 15 is 0 Å². The largest absolute Gasteiger partial charge is 0.335 e. The molecule has 3 amide bonds. The number of urea groups is 1. The average Bonchev–Trinajstić information content (AvgIpc) is 2.30. The Morgan fingerprint density at radius 2 is 1.88 bits per heavy atom. The summed E-state index contributed by atoms with van der Waals surface area (Å²) in [6, 6.07) is -0.179. The Balaban J connectivity index is 2.21. The molecule has 98 valence electrons. The number of halogens is 1. The van der Waals surface area contributed by atoms with Crippen molar-refractivity contribution in [2.75, 3.05) is 5.88 Å². The predicted molar refractivity (Wildman–Crippen MR) is 68.0 cm³/mol. The Kier molecular flexibility index (Phi) is 6.34. The van der Waals surface area contributed by atoms with Crippen molar-refractivity contribution < 1.29 is 9.59 Å². The zero-order valence-corrected chi connectivity index (χ0v) is 11.1. The molecule has 0 aromatic rings. The fraction of sp³-hybridized carbons (Fsp3) is 0.833. The van der Waals surface area contributed by atoms with Gasteiger partial charge in [-0.1, -0.05) is 13.3 Å². The van der Waals surface area contributed by atoms with E-state index in [0.717, 1.165) is 31.6 Å². The molecular formula is C12H21ClN2O2. The maximum atomic E-state index is 11.5. The molecular weight excluding hydrogens is 240 g/mol. The summed E-state index contributed by atoms with van der Waals surface area (Å²) in [7, 11) is 0. The van der Waals surface area contributed by atoms with Crippen LogP contribution in [0.25, 0.3) is 0 Å². The van der Waals surface area contributed by atoms with E-state index < -0.39 is 0 Å². The molecule has 1 aliphatic carbocycles. The summed E-state index contributed by atoms with van der Waals surface area (Å²) in [6.07, 6.45) is 5.74. The van der Waals surface area contributed by atoms with Gasteiger partial charge in [0.25, 0.3) is 0 Å². The van der Waals surface area contributed by atoms with Crippen LogP contribution in [0, 0.1) is 5.92 Å². The van der Waals surface area contributed by atoms with Gasteiger partial charge in [-0.3, -0.25) is 10.1 Å². The van der Waals surface area contributed by atoms with Gasteiger partial charge in [0.2, 0.25) is 5.91 Å². The first-order chi connectivity index (χ1) is 8.15. The minimum Gasteiger partial charge on any atom is -0.335 e. The second-order valence-electron chi connectivity index (χ2n) is 4.59. The highest BCUT2D eigenvalue weighted by Crippen LogP contribution is 2.26. The number of imide groups is 1. The van der Waals surface area contributed by atoms with Crippen LogP contribution in [0.1, 0.15) is 45.4 Å². The summed E-state index contributed by atoms with van der Waals surface area (Å²) < 4.78 is 0. The van der Waals surface area contributed by atoms with E-state index in [-0.39, 0.29) is 30.3 Å². The molecule has 0 heterocycles. The summed E-state index contributed by atoms with van der Waals surface area (Å²) in [5.41, 5.74) is 0. The molecule has 1 aliphatic rings. The summed E-state index contributed by atoms with van der Waals surface area (Å²) in [5, 5.41) is 5.12. The normalized spacial score (nSPS) is 24.1. The van der Waals surface area contributed by atoms with Gasteiger partial charge in [-0.05, 0) is 31.6 Å². The van der Waals surface area contributed by atoms with E-state index in [4.69, 9.17) is 11.6 Å². The van der Waals surface area contributed by atoms with Crippen LogP contribution in [0.4, 0.5) is 4.79 Å². The summed E-state index contributed by atoms with van der Waals surface area (Å²) >= 11 is 5.41. The lowest BCUT2D eigenvalue weighted by Gasteiger charge is -2.28. The number of carbonyl (C=O) groups is 2. The minimum absolute atomic E-state index is 0.178. The van der Waals surface area contributed by atoms with Crippen molar-refractivity contribution in [1.29, 1.82) is 0 Å². The number of hydrogen-bond donors (Lipinski definition) is 2. The van der Waals surface area contributed by atoms with Crippen molar-refractivity contribution in [3.8, 4) is 0 Å². The molecule has 4 nitrogen and oxygen atoms in total. The molecule has 1 rings (SSSR count). The molecule has 1 saturated carbocycles. The predicted octanol–water partition coefficient (Wildman–Crippen LogP) is 2.41. The third-order valence-corrected chi connectivity index (χ3v) is 3.52. The second kappa shape index (κ2) is 7.54. The maximum absolute atomic E-state index is 11.5. The highest BCUT2D eigenvalue weighted by molar-refractivity contribution is 6.19. The van der Waals surface area contributed by atoms with Crippen LogP contribution in [0.3, 0.4) is 0 Å². The third kappa shape index (κ3) is 5.39. The van der Waals surface area contributed by atoms with Crippen molar-refractivity contribution in [2.45, 2.75) is 51.5 Å². The van der Waals surface area contributed by atoms with Crippen LogP contribution in [-0.2, 0) is 4.79 Å². The molecule has 1 fully saturated rings. The lowest BCUT2D eigenvalue weighted by molar-refractivity contribution is -0.119. The Labute approximate surface area is 107 Å². The van der Waals surface area contributed by atoms with Crippen LogP contribution in [0.5, 0.6) is 0 Å². The van der Waals surface area contributed by atoms with Gasteiger partial charge in [0.05, 0.1) is 0 Å². The fourth-order valence-corrected chi connectivity index (χ4v) is 2.38. The van der Waals surface area contributed by atoms with Crippen molar-refractivity contribution in [3.05, 3.63) is 0 Å². The Morgan fingerprint density at radius 1 is 1.24 bits per heavy atom. The third-order valence-electron chi connectivity index (χ3n) is 3.33. The van der Waals surface area contributed by atoms with E-state index in [1.54, 1.807) is 0 Å². The monoisotopic (exact) mass is 260 g/mol. The van der Waals surface area contributed by atoms with Crippen LogP contribution >= 0.6 is 11.6 Å². The molecule has 0 saturated heterocycles. The Bertz CT molecular complexity index is 263. The van der Waals surface area contributed by atoms with E-state index in [1.807, 2.05) is 0 Å². The van der Waals surface area contributed by atoms with E-state index in [9.17, 15) is 9.59 Å². The highest BCUT2D eigenvalue weighted by atomic mass is 35.5. The van der Waals surface area contributed by atoms with Gasteiger partial charge in [0.1, 0.15) is 0 Å². The minimum atomic E-state index is -0.389. The summed E-state index contributed by atoms with van der Waals surface area (Å²) in [5.74, 6) is 0.717. The lowest BCUT2D eigenvalue weighted by atomic mass is 9.85. The van der Waals surface area contributed by atoms with Crippen molar-refractivity contribution in [1.82, 2.24) is 10.6 Å². The molecule has 17 heavy (non-hydrogen) atoms. The first-order valence-corrected chi connectivity index (χ1v) is 6.85. The molecule has 0 atom stereocenters. The molecule has 0 unspecified atom stereocenters. The van der Waals surface area contributed by atoms with Gasteiger partial charge in [0.15, 0.2) is 0 Å². The highest BCUT2D eigenvalue weighted by Gasteiger charge is 2.21.